The molecule has 3 heterocycles. The van der Waals surface area contributed by atoms with Crippen LogP contribution in [-0.4, -0.2) is 193 Å². The molecule has 428 valence electrons. The van der Waals surface area contributed by atoms with E-state index in [9.17, 15) is 61.0 Å². The molecule has 17 atom stereocenters. The molecule has 12 N–H and O–H groups in total. The van der Waals surface area contributed by atoms with Gasteiger partial charge in [-0.3, -0.25) is 4.79 Å². The van der Waals surface area contributed by atoms with Crippen molar-refractivity contribution in [3.8, 4) is 0 Å². The van der Waals surface area contributed by atoms with E-state index in [0.717, 1.165) is 83.5 Å². The van der Waals surface area contributed by atoms with Gasteiger partial charge in [0.05, 0.1) is 38.6 Å². The largest absolute Gasteiger partial charge is 0.394 e. The second-order valence-electron chi connectivity index (χ2n) is 19.7. The van der Waals surface area contributed by atoms with Gasteiger partial charge in [0.25, 0.3) is 0 Å². The molecule has 74 heavy (non-hydrogen) atoms. The lowest BCUT2D eigenvalue weighted by molar-refractivity contribution is -0.379. The van der Waals surface area contributed by atoms with Crippen molar-refractivity contribution in [1.29, 1.82) is 0 Å². The van der Waals surface area contributed by atoms with Gasteiger partial charge in [-0.15, -0.1) is 0 Å². The van der Waals surface area contributed by atoms with Crippen LogP contribution >= 0.6 is 0 Å². The Labute approximate surface area is 439 Å². The highest BCUT2D eigenvalue weighted by Crippen LogP contribution is 2.33. The molecule has 19 heteroatoms. The normalized spacial score (nSPS) is 31.9. The number of hydrogen-bond acceptors (Lipinski definition) is 18. The predicted molar refractivity (Wildman–Crippen MR) is 277 cm³/mol. The monoisotopic (exact) mass is 1060 g/mol. The van der Waals surface area contributed by atoms with Crippen molar-refractivity contribution in [2.24, 2.45) is 0 Å². The fourth-order valence-electron chi connectivity index (χ4n) is 8.88. The van der Waals surface area contributed by atoms with Crippen molar-refractivity contribution in [2.75, 3.05) is 26.4 Å². The Balaban J connectivity index is 1.55. The van der Waals surface area contributed by atoms with Crippen LogP contribution in [-0.2, 0) is 33.2 Å². The summed E-state index contributed by atoms with van der Waals surface area (Å²) in [5, 5.41) is 120. The molecule has 0 radical (unpaired) electrons. The minimum Gasteiger partial charge on any atom is -0.394 e. The smallest absolute Gasteiger partial charge is 0.220 e. The number of hydrogen-bond donors (Lipinski definition) is 12. The number of carbonyl (C=O) groups is 1. The average Bonchev–Trinajstić information content (AvgIpc) is 3.40. The lowest BCUT2D eigenvalue weighted by Crippen LogP contribution is -2.66. The molecule has 0 aromatic heterocycles. The molecule has 19 nitrogen and oxygen atoms in total. The van der Waals surface area contributed by atoms with Gasteiger partial charge in [0.2, 0.25) is 5.91 Å². The summed E-state index contributed by atoms with van der Waals surface area (Å²) >= 11 is 0. The molecule has 0 bridgehead atoms. The Morgan fingerprint density at radius 1 is 0.486 bits per heavy atom. The minimum absolute atomic E-state index is 0.220. The number of allylic oxidation sites excluding steroid dienone is 9. The first-order valence-electron chi connectivity index (χ1n) is 27.5. The van der Waals surface area contributed by atoms with E-state index in [4.69, 9.17) is 28.4 Å². The summed E-state index contributed by atoms with van der Waals surface area (Å²) in [5.41, 5.74) is 0. The molecule has 3 rings (SSSR count). The zero-order valence-electron chi connectivity index (χ0n) is 44.0. The minimum atomic E-state index is -1.98. The van der Waals surface area contributed by atoms with Crippen LogP contribution in [0.5, 0.6) is 0 Å². The zero-order chi connectivity index (χ0) is 54.1. The highest BCUT2D eigenvalue weighted by Gasteiger charge is 2.53. The quantitative estimate of drug-likeness (QED) is 0.0312. The van der Waals surface area contributed by atoms with Gasteiger partial charge in [-0.1, -0.05) is 132 Å². The van der Waals surface area contributed by atoms with Crippen LogP contribution in [0.15, 0.2) is 60.8 Å². The van der Waals surface area contributed by atoms with E-state index < -0.39 is 124 Å². The molecule has 1 amide bonds. The van der Waals surface area contributed by atoms with E-state index in [1.807, 2.05) is 6.08 Å². The second-order valence-corrected chi connectivity index (χ2v) is 19.7. The van der Waals surface area contributed by atoms with Crippen LogP contribution in [0.25, 0.3) is 0 Å². The summed E-state index contributed by atoms with van der Waals surface area (Å²) in [6.07, 6.45) is 15.0. The lowest BCUT2D eigenvalue weighted by atomic mass is 9.96. The fraction of sp³-hybridized carbons (Fsp3) is 0.800. The van der Waals surface area contributed by atoms with Crippen molar-refractivity contribution < 1.29 is 89.4 Å². The topological polar surface area (TPSA) is 307 Å². The van der Waals surface area contributed by atoms with E-state index in [0.29, 0.717) is 12.8 Å². The van der Waals surface area contributed by atoms with Crippen LogP contribution in [0.3, 0.4) is 0 Å². The van der Waals surface area contributed by atoms with Crippen LogP contribution in [0, 0.1) is 0 Å². The summed E-state index contributed by atoms with van der Waals surface area (Å²) in [4.78, 5) is 13.3. The lowest BCUT2D eigenvalue weighted by Gasteiger charge is -2.48. The number of nitrogens with one attached hydrogen (secondary N) is 1. The first kappa shape index (κ1) is 65.8. The molecule has 0 saturated carbocycles. The van der Waals surface area contributed by atoms with E-state index in [-0.39, 0.29) is 18.9 Å². The van der Waals surface area contributed by atoms with E-state index in [1.54, 1.807) is 6.08 Å². The van der Waals surface area contributed by atoms with Gasteiger partial charge in [0, 0.05) is 6.42 Å². The number of carbonyl (C=O) groups excluding carboxylic acids is 1. The Morgan fingerprint density at radius 2 is 0.919 bits per heavy atom. The molecule has 3 saturated heterocycles. The van der Waals surface area contributed by atoms with Crippen molar-refractivity contribution in [3.63, 3.8) is 0 Å². The Morgan fingerprint density at radius 3 is 1.47 bits per heavy atom. The molecule has 0 aromatic rings. The average molecular weight is 1060 g/mol. The summed E-state index contributed by atoms with van der Waals surface area (Å²) < 4.78 is 34.1. The van der Waals surface area contributed by atoms with E-state index in [1.165, 1.54) is 32.1 Å². The first-order chi connectivity index (χ1) is 35.8. The molecule has 3 fully saturated rings. The number of ether oxygens (including phenoxy) is 6. The third-order valence-electron chi connectivity index (χ3n) is 13.5. The standard InChI is InChI=1S/C55H95NO18/c1-3-5-7-9-11-13-15-17-18-19-20-21-23-25-27-29-31-33-43(61)56-38(39(60)32-30-28-26-24-22-16-14-12-10-8-6-4-2)37-69-53-49(67)46(64)51(41(35-58)71-53)74-55-50(68)47(65)52(42(36-59)72-55)73-54-48(66)45(63)44(62)40(34-57)70-54/h10-13,17-18,22,24,30,32,38-42,44-55,57-60,62-68H,3-9,14-16,19-21,23,25-29,31,33-37H2,1-2H3,(H,56,61)/b12-10+,13-11-,18-17-,24-22+,32-30+. The van der Waals surface area contributed by atoms with Gasteiger partial charge in [0.15, 0.2) is 18.9 Å². The van der Waals surface area contributed by atoms with Crippen molar-refractivity contribution in [3.05, 3.63) is 60.8 Å². The number of rotatable bonds is 38. The highest BCUT2D eigenvalue weighted by atomic mass is 16.8. The maximum atomic E-state index is 13.3. The van der Waals surface area contributed by atoms with E-state index >= 15 is 0 Å². The van der Waals surface area contributed by atoms with Gasteiger partial charge >= 0.3 is 0 Å². The van der Waals surface area contributed by atoms with Crippen LogP contribution in [0.2, 0.25) is 0 Å². The van der Waals surface area contributed by atoms with Crippen molar-refractivity contribution in [1.82, 2.24) is 5.32 Å². The summed E-state index contributed by atoms with van der Waals surface area (Å²) in [6.45, 7) is 1.57. The zero-order valence-corrected chi connectivity index (χ0v) is 44.0. The molecule has 3 aliphatic rings. The number of amides is 1. The van der Waals surface area contributed by atoms with Crippen LogP contribution < -0.4 is 5.32 Å². The summed E-state index contributed by atoms with van der Waals surface area (Å²) in [5.74, 6) is -0.303. The highest BCUT2D eigenvalue weighted by molar-refractivity contribution is 5.76. The van der Waals surface area contributed by atoms with Crippen molar-refractivity contribution in [2.45, 2.75) is 253 Å². The van der Waals surface area contributed by atoms with Gasteiger partial charge < -0.3 is 89.9 Å². The van der Waals surface area contributed by atoms with Gasteiger partial charge in [-0.25, -0.2) is 0 Å². The third-order valence-corrected chi connectivity index (χ3v) is 13.5. The molecule has 17 unspecified atom stereocenters. The third kappa shape index (κ3) is 23.6. The summed E-state index contributed by atoms with van der Waals surface area (Å²) in [6, 6.07) is -1.00. The Hall–Kier alpha value is -2.51. The van der Waals surface area contributed by atoms with Crippen LogP contribution in [0.1, 0.15) is 149 Å². The molecular formula is C55H95NO18. The molecule has 0 aromatic carbocycles. The number of aliphatic hydroxyl groups is 11. The van der Waals surface area contributed by atoms with Crippen LogP contribution in [0.4, 0.5) is 0 Å². The number of unbranched alkanes of at least 4 members (excludes halogenated alkanes) is 14. The van der Waals surface area contributed by atoms with Gasteiger partial charge in [-0.05, 0) is 70.6 Å². The fourth-order valence-corrected chi connectivity index (χ4v) is 8.88. The Kier molecular flexibility index (Phi) is 34.6. The van der Waals surface area contributed by atoms with Gasteiger partial charge in [-0.2, -0.15) is 0 Å². The number of aliphatic hydroxyl groups excluding tert-OH is 11. The molecule has 0 spiro atoms. The summed E-state index contributed by atoms with van der Waals surface area (Å²) in [7, 11) is 0. The molecule has 0 aliphatic carbocycles. The maximum Gasteiger partial charge on any atom is 0.220 e. The van der Waals surface area contributed by atoms with Crippen molar-refractivity contribution >= 4 is 5.91 Å². The SMILES string of the molecule is CCCC/C=C/CC/C=C/CC/C=C/C(O)C(COC1OC(CO)C(OC2OC(CO)C(OC3OC(CO)C(O)C(O)C3O)C(O)C2O)C(O)C1O)NC(=O)CCCCCCCCC/C=C\C/C=C\CCCCC. The molecular weight excluding hydrogens is 963 g/mol. The first-order valence-corrected chi connectivity index (χ1v) is 27.5. The van der Waals surface area contributed by atoms with Gasteiger partial charge in [0.1, 0.15) is 73.2 Å². The molecule has 3 aliphatic heterocycles. The van der Waals surface area contributed by atoms with E-state index in [2.05, 4.69) is 67.8 Å². The Bertz CT molecular complexity index is 1590. The predicted octanol–water partition coefficient (Wildman–Crippen LogP) is 3.31. The second kappa shape index (κ2) is 38.9. The maximum absolute atomic E-state index is 13.3.